The second-order valence-electron chi connectivity index (χ2n) is 4.65. The van der Waals surface area contributed by atoms with Gasteiger partial charge in [0.15, 0.2) is 5.82 Å². The molecule has 1 saturated carbocycles. The van der Waals surface area contributed by atoms with Crippen molar-refractivity contribution in [3.8, 4) is 5.88 Å². The second kappa shape index (κ2) is 6.54. The predicted octanol–water partition coefficient (Wildman–Crippen LogP) is 2.16. The highest BCUT2D eigenvalue weighted by molar-refractivity contribution is 5.32. The third-order valence-corrected chi connectivity index (χ3v) is 3.15. The largest absolute Gasteiger partial charge is 0.477 e. The van der Waals surface area contributed by atoms with Gasteiger partial charge in [0.1, 0.15) is 12.4 Å². The number of hydrogen-bond donors (Lipinski definition) is 1. The van der Waals surface area contributed by atoms with Crippen LogP contribution in [0.2, 0.25) is 0 Å². The number of nitrogens with two attached hydrogens (primary N) is 1. The van der Waals surface area contributed by atoms with E-state index in [4.69, 9.17) is 15.2 Å². The first-order chi connectivity index (χ1) is 8.78. The molecule has 1 aromatic rings. The number of nitrogen functional groups attached to an aromatic ring is 1. The van der Waals surface area contributed by atoms with Crippen LogP contribution >= 0.6 is 0 Å². The third kappa shape index (κ3) is 3.84. The predicted molar refractivity (Wildman–Crippen MR) is 69.2 cm³/mol. The van der Waals surface area contributed by atoms with E-state index in [1.807, 2.05) is 6.92 Å². The van der Waals surface area contributed by atoms with E-state index in [9.17, 15) is 0 Å². The summed E-state index contributed by atoms with van der Waals surface area (Å²) in [5, 5.41) is 0. The number of anilines is 1. The molecule has 0 aliphatic heterocycles. The summed E-state index contributed by atoms with van der Waals surface area (Å²) in [6.07, 6.45) is 5.14. The number of aromatic nitrogens is 2. The van der Waals surface area contributed by atoms with Crippen molar-refractivity contribution in [2.75, 3.05) is 18.9 Å². The molecule has 1 aliphatic carbocycles. The van der Waals surface area contributed by atoms with E-state index in [-0.39, 0.29) is 0 Å². The number of rotatable bonds is 6. The molecule has 5 nitrogen and oxygen atoms in total. The van der Waals surface area contributed by atoms with Crippen molar-refractivity contribution < 1.29 is 9.47 Å². The van der Waals surface area contributed by atoms with Crippen LogP contribution in [0.3, 0.4) is 0 Å². The van der Waals surface area contributed by atoms with Crippen molar-refractivity contribution in [2.45, 2.75) is 39.2 Å². The van der Waals surface area contributed by atoms with Crippen LogP contribution in [0.25, 0.3) is 0 Å². The van der Waals surface area contributed by atoms with Gasteiger partial charge in [-0.3, -0.25) is 0 Å². The zero-order valence-corrected chi connectivity index (χ0v) is 10.9. The van der Waals surface area contributed by atoms with Gasteiger partial charge in [0.25, 0.3) is 0 Å². The maximum Gasteiger partial charge on any atom is 0.218 e. The molecule has 1 aliphatic rings. The molecule has 1 aromatic heterocycles. The van der Waals surface area contributed by atoms with Gasteiger partial charge >= 0.3 is 0 Å². The normalized spacial score (nSPS) is 16.1. The molecule has 0 atom stereocenters. The lowest BCUT2D eigenvalue weighted by Crippen LogP contribution is -2.11. The first kappa shape index (κ1) is 13.1. The Bertz CT molecular complexity index is 378. The molecule has 0 amide bonds. The van der Waals surface area contributed by atoms with E-state index in [0.717, 1.165) is 6.61 Å². The molecule has 0 aromatic carbocycles. The Kier molecular flexibility index (Phi) is 4.75. The average molecular weight is 251 g/mol. The van der Waals surface area contributed by atoms with Crippen molar-refractivity contribution in [3.05, 3.63) is 11.9 Å². The first-order valence-corrected chi connectivity index (χ1v) is 6.62. The van der Waals surface area contributed by atoms with Gasteiger partial charge < -0.3 is 15.2 Å². The Balaban J connectivity index is 1.91. The van der Waals surface area contributed by atoms with Crippen molar-refractivity contribution in [3.63, 3.8) is 0 Å². The third-order valence-electron chi connectivity index (χ3n) is 3.15. The molecule has 5 heteroatoms. The van der Waals surface area contributed by atoms with Gasteiger partial charge in [0.2, 0.25) is 5.88 Å². The standard InChI is InChI=1S/C13H21N3O2/c1-2-17-9-12-15-11(14)7-13(16-12)18-8-10-5-3-4-6-10/h7,10H,2-6,8-9H2,1H3,(H2,14,15,16). The van der Waals surface area contributed by atoms with Crippen LogP contribution in [0.5, 0.6) is 5.88 Å². The summed E-state index contributed by atoms with van der Waals surface area (Å²) < 4.78 is 11.0. The molecular formula is C13H21N3O2. The zero-order chi connectivity index (χ0) is 12.8. The molecule has 0 unspecified atom stereocenters. The van der Waals surface area contributed by atoms with Crippen molar-refractivity contribution >= 4 is 5.82 Å². The molecule has 1 fully saturated rings. The van der Waals surface area contributed by atoms with Gasteiger partial charge in [-0.2, -0.15) is 4.98 Å². The molecule has 2 rings (SSSR count). The fourth-order valence-electron chi connectivity index (χ4n) is 2.20. The molecule has 0 radical (unpaired) electrons. The highest BCUT2D eigenvalue weighted by Crippen LogP contribution is 2.25. The Morgan fingerprint density at radius 3 is 2.83 bits per heavy atom. The van der Waals surface area contributed by atoms with E-state index in [2.05, 4.69) is 9.97 Å². The van der Waals surface area contributed by atoms with E-state index in [0.29, 0.717) is 36.7 Å². The average Bonchev–Trinajstić information content (AvgIpc) is 2.86. The van der Waals surface area contributed by atoms with Crippen molar-refractivity contribution in [2.24, 2.45) is 5.92 Å². The smallest absolute Gasteiger partial charge is 0.218 e. The Morgan fingerprint density at radius 2 is 2.11 bits per heavy atom. The van der Waals surface area contributed by atoms with E-state index in [1.165, 1.54) is 25.7 Å². The summed E-state index contributed by atoms with van der Waals surface area (Å²) in [4.78, 5) is 8.41. The minimum Gasteiger partial charge on any atom is -0.477 e. The van der Waals surface area contributed by atoms with Gasteiger partial charge in [0, 0.05) is 12.7 Å². The summed E-state index contributed by atoms with van der Waals surface area (Å²) >= 11 is 0. The summed E-state index contributed by atoms with van der Waals surface area (Å²) in [6, 6.07) is 1.67. The lowest BCUT2D eigenvalue weighted by molar-refractivity contribution is 0.127. The zero-order valence-electron chi connectivity index (χ0n) is 10.9. The van der Waals surface area contributed by atoms with Crippen LogP contribution in [-0.2, 0) is 11.3 Å². The molecule has 18 heavy (non-hydrogen) atoms. The fourth-order valence-corrected chi connectivity index (χ4v) is 2.20. The topological polar surface area (TPSA) is 70.3 Å². The molecule has 0 bridgehead atoms. The highest BCUT2D eigenvalue weighted by Gasteiger charge is 2.16. The van der Waals surface area contributed by atoms with E-state index < -0.39 is 0 Å². The fraction of sp³-hybridized carbons (Fsp3) is 0.692. The summed E-state index contributed by atoms with van der Waals surface area (Å²) in [5.74, 6) is 2.24. The minimum atomic E-state index is 0.376. The highest BCUT2D eigenvalue weighted by atomic mass is 16.5. The van der Waals surface area contributed by atoms with Crippen LogP contribution in [-0.4, -0.2) is 23.2 Å². The Morgan fingerprint density at radius 1 is 1.33 bits per heavy atom. The number of ether oxygens (including phenoxy) is 2. The molecular weight excluding hydrogens is 230 g/mol. The maximum atomic E-state index is 5.73. The van der Waals surface area contributed by atoms with E-state index in [1.54, 1.807) is 6.07 Å². The summed E-state index contributed by atoms with van der Waals surface area (Å²) in [6.45, 7) is 3.67. The molecule has 0 spiro atoms. The lowest BCUT2D eigenvalue weighted by Gasteiger charge is -2.11. The molecule has 0 saturated heterocycles. The Labute approximate surface area is 108 Å². The SMILES string of the molecule is CCOCc1nc(N)cc(OCC2CCCC2)n1. The van der Waals surface area contributed by atoms with Gasteiger partial charge in [-0.15, -0.1) is 0 Å². The van der Waals surface area contributed by atoms with Crippen LogP contribution in [0.1, 0.15) is 38.4 Å². The number of hydrogen-bond acceptors (Lipinski definition) is 5. The van der Waals surface area contributed by atoms with Gasteiger partial charge in [-0.25, -0.2) is 4.98 Å². The van der Waals surface area contributed by atoms with Crippen molar-refractivity contribution in [1.82, 2.24) is 9.97 Å². The van der Waals surface area contributed by atoms with Crippen LogP contribution < -0.4 is 10.5 Å². The van der Waals surface area contributed by atoms with Gasteiger partial charge in [-0.1, -0.05) is 12.8 Å². The van der Waals surface area contributed by atoms with Crippen LogP contribution in [0.15, 0.2) is 6.07 Å². The molecule has 2 N–H and O–H groups in total. The monoisotopic (exact) mass is 251 g/mol. The maximum absolute atomic E-state index is 5.73. The van der Waals surface area contributed by atoms with E-state index >= 15 is 0 Å². The van der Waals surface area contributed by atoms with Crippen LogP contribution in [0.4, 0.5) is 5.82 Å². The quantitative estimate of drug-likeness (QED) is 0.839. The Hall–Kier alpha value is -1.36. The molecule has 100 valence electrons. The van der Waals surface area contributed by atoms with Crippen LogP contribution in [0, 0.1) is 5.92 Å². The lowest BCUT2D eigenvalue weighted by atomic mass is 10.1. The molecule has 1 heterocycles. The second-order valence-corrected chi connectivity index (χ2v) is 4.65. The summed E-state index contributed by atoms with van der Waals surface area (Å²) in [7, 11) is 0. The van der Waals surface area contributed by atoms with Crippen molar-refractivity contribution in [1.29, 1.82) is 0 Å². The minimum absolute atomic E-state index is 0.376. The number of nitrogens with zero attached hydrogens (tertiary/aromatic N) is 2. The van der Waals surface area contributed by atoms with Gasteiger partial charge in [-0.05, 0) is 25.7 Å². The van der Waals surface area contributed by atoms with Gasteiger partial charge in [0.05, 0.1) is 6.61 Å². The first-order valence-electron chi connectivity index (χ1n) is 6.62. The summed E-state index contributed by atoms with van der Waals surface area (Å²) in [5.41, 5.74) is 5.73.